The summed E-state index contributed by atoms with van der Waals surface area (Å²) in [4.78, 5) is 0. The zero-order valence-corrected chi connectivity index (χ0v) is 13.3. The van der Waals surface area contributed by atoms with Crippen molar-refractivity contribution in [2.75, 3.05) is 6.61 Å². The number of hydrogen-bond donors (Lipinski definition) is 0. The van der Waals surface area contributed by atoms with E-state index in [1.807, 2.05) is 0 Å². The average molecular weight is 292 g/mol. The molecule has 0 aromatic heterocycles. The van der Waals surface area contributed by atoms with Crippen molar-refractivity contribution in [3.63, 3.8) is 0 Å². The number of aryl methyl sites for hydroxylation is 1. The molecular weight excluding hydrogens is 268 g/mol. The van der Waals surface area contributed by atoms with E-state index >= 15 is 0 Å². The summed E-state index contributed by atoms with van der Waals surface area (Å²) in [5.74, 6) is 1.52. The molecule has 1 aliphatic rings. The zero-order valence-electron chi connectivity index (χ0n) is 13.3. The summed E-state index contributed by atoms with van der Waals surface area (Å²) in [6, 6.07) is 17.3. The first-order valence-corrected chi connectivity index (χ1v) is 8.26. The van der Waals surface area contributed by atoms with Crippen LogP contribution in [0.1, 0.15) is 36.5 Å². The second kappa shape index (κ2) is 6.83. The SMILES string of the molecule is C=C1c2ccccc2CCC1Cc1ccc(OCCC)cc1. The molecule has 0 heterocycles. The molecule has 2 aromatic rings. The summed E-state index contributed by atoms with van der Waals surface area (Å²) >= 11 is 0. The van der Waals surface area contributed by atoms with Gasteiger partial charge in [-0.3, -0.25) is 0 Å². The quantitative estimate of drug-likeness (QED) is 0.727. The molecule has 0 saturated heterocycles. The molecule has 1 nitrogen and oxygen atoms in total. The van der Waals surface area contributed by atoms with Gasteiger partial charge in [0, 0.05) is 0 Å². The molecule has 114 valence electrons. The second-order valence-electron chi connectivity index (χ2n) is 6.11. The molecule has 1 heteroatoms. The minimum absolute atomic E-state index is 0.553. The third-order valence-corrected chi connectivity index (χ3v) is 4.50. The van der Waals surface area contributed by atoms with Crippen LogP contribution in [-0.2, 0) is 12.8 Å². The fourth-order valence-corrected chi connectivity index (χ4v) is 3.23. The van der Waals surface area contributed by atoms with E-state index < -0.39 is 0 Å². The van der Waals surface area contributed by atoms with Crippen molar-refractivity contribution in [2.24, 2.45) is 5.92 Å². The third-order valence-electron chi connectivity index (χ3n) is 4.50. The van der Waals surface area contributed by atoms with Gasteiger partial charge in [0.1, 0.15) is 5.75 Å². The van der Waals surface area contributed by atoms with Gasteiger partial charge in [0.05, 0.1) is 6.61 Å². The van der Waals surface area contributed by atoms with Crippen molar-refractivity contribution in [3.8, 4) is 5.75 Å². The topological polar surface area (TPSA) is 9.23 Å². The highest BCUT2D eigenvalue weighted by atomic mass is 16.5. The molecule has 0 N–H and O–H groups in total. The molecule has 0 bridgehead atoms. The molecule has 0 spiro atoms. The average Bonchev–Trinajstić information content (AvgIpc) is 2.57. The Balaban J connectivity index is 1.68. The largest absolute Gasteiger partial charge is 0.494 e. The van der Waals surface area contributed by atoms with Crippen LogP contribution in [0.15, 0.2) is 55.1 Å². The molecule has 0 aliphatic heterocycles. The van der Waals surface area contributed by atoms with E-state index in [2.05, 4.69) is 62.0 Å². The van der Waals surface area contributed by atoms with Crippen LogP contribution in [0.4, 0.5) is 0 Å². The van der Waals surface area contributed by atoms with Crippen molar-refractivity contribution < 1.29 is 4.74 Å². The Bertz CT molecular complexity index is 639. The minimum Gasteiger partial charge on any atom is -0.494 e. The van der Waals surface area contributed by atoms with Gasteiger partial charge >= 0.3 is 0 Å². The molecule has 1 atom stereocenters. The molecule has 1 aliphatic carbocycles. The lowest BCUT2D eigenvalue weighted by Gasteiger charge is -2.27. The van der Waals surface area contributed by atoms with Crippen LogP contribution < -0.4 is 4.74 Å². The van der Waals surface area contributed by atoms with Crippen molar-refractivity contribution in [2.45, 2.75) is 32.6 Å². The zero-order chi connectivity index (χ0) is 15.4. The van der Waals surface area contributed by atoms with E-state index in [4.69, 9.17) is 4.74 Å². The van der Waals surface area contributed by atoms with Crippen molar-refractivity contribution >= 4 is 5.57 Å². The van der Waals surface area contributed by atoms with Crippen LogP contribution in [0.25, 0.3) is 5.57 Å². The van der Waals surface area contributed by atoms with Crippen LogP contribution >= 0.6 is 0 Å². The molecule has 3 rings (SSSR count). The van der Waals surface area contributed by atoms with Gasteiger partial charge in [-0.1, -0.05) is 49.9 Å². The number of ether oxygens (including phenoxy) is 1. The Labute approximate surface area is 133 Å². The summed E-state index contributed by atoms with van der Waals surface area (Å²) in [6.45, 7) is 7.28. The van der Waals surface area contributed by atoms with E-state index in [0.717, 1.165) is 31.6 Å². The lowest BCUT2D eigenvalue weighted by Crippen LogP contribution is -2.14. The first-order valence-electron chi connectivity index (χ1n) is 8.26. The molecule has 1 unspecified atom stereocenters. The summed E-state index contributed by atoms with van der Waals surface area (Å²) < 4.78 is 5.65. The highest BCUT2D eigenvalue weighted by Gasteiger charge is 2.22. The fourth-order valence-electron chi connectivity index (χ4n) is 3.23. The second-order valence-corrected chi connectivity index (χ2v) is 6.11. The Kier molecular flexibility index (Phi) is 4.62. The van der Waals surface area contributed by atoms with E-state index in [1.54, 1.807) is 0 Å². The van der Waals surface area contributed by atoms with Crippen LogP contribution in [0.5, 0.6) is 5.75 Å². The normalized spacial score (nSPS) is 17.1. The van der Waals surface area contributed by atoms with Crippen LogP contribution in [0, 0.1) is 5.92 Å². The van der Waals surface area contributed by atoms with E-state index in [-0.39, 0.29) is 0 Å². The maximum absolute atomic E-state index is 5.65. The monoisotopic (exact) mass is 292 g/mol. The predicted octanol–water partition coefficient (Wildman–Crippen LogP) is 5.29. The first-order chi connectivity index (χ1) is 10.8. The summed E-state index contributed by atoms with van der Waals surface area (Å²) in [6.07, 6.45) is 4.48. The number of allylic oxidation sites excluding steroid dienone is 1. The number of benzene rings is 2. The van der Waals surface area contributed by atoms with Gasteiger partial charge < -0.3 is 4.74 Å². The molecule has 2 aromatic carbocycles. The standard InChI is InChI=1S/C21H24O/c1-3-14-22-20-12-8-17(9-13-20)15-19-11-10-18-6-4-5-7-21(18)16(19)2/h4-9,12-13,19H,2-3,10-11,14-15H2,1H3. The number of rotatable bonds is 5. The fraction of sp³-hybridized carbons (Fsp3) is 0.333. The van der Waals surface area contributed by atoms with Crippen LogP contribution in [0.2, 0.25) is 0 Å². The van der Waals surface area contributed by atoms with Gasteiger partial charge in [-0.25, -0.2) is 0 Å². The first kappa shape index (κ1) is 14.9. The van der Waals surface area contributed by atoms with Gasteiger partial charge in [-0.15, -0.1) is 0 Å². The summed E-state index contributed by atoms with van der Waals surface area (Å²) in [5, 5.41) is 0. The summed E-state index contributed by atoms with van der Waals surface area (Å²) in [7, 11) is 0. The maximum atomic E-state index is 5.65. The molecule has 0 saturated carbocycles. The van der Waals surface area contributed by atoms with Crippen LogP contribution in [-0.4, -0.2) is 6.61 Å². The lowest BCUT2D eigenvalue weighted by molar-refractivity contribution is 0.317. The lowest BCUT2D eigenvalue weighted by atomic mass is 9.77. The Hall–Kier alpha value is -2.02. The van der Waals surface area contributed by atoms with Gasteiger partial charge in [0.25, 0.3) is 0 Å². The smallest absolute Gasteiger partial charge is 0.119 e. The highest BCUT2D eigenvalue weighted by Crippen LogP contribution is 2.36. The van der Waals surface area contributed by atoms with E-state index in [1.165, 1.54) is 28.7 Å². The molecule has 0 amide bonds. The van der Waals surface area contributed by atoms with E-state index in [0.29, 0.717) is 5.92 Å². The molecular formula is C21H24O. The van der Waals surface area contributed by atoms with Crippen molar-refractivity contribution in [1.82, 2.24) is 0 Å². The van der Waals surface area contributed by atoms with Crippen molar-refractivity contribution in [3.05, 3.63) is 71.8 Å². The highest BCUT2D eigenvalue weighted by molar-refractivity contribution is 5.70. The Morgan fingerprint density at radius 2 is 1.86 bits per heavy atom. The van der Waals surface area contributed by atoms with Gasteiger partial charge in [-0.2, -0.15) is 0 Å². The van der Waals surface area contributed by atoms with Crippen molar-refractivity contribution in [1.29, 1.82) is 0 Å². The van der Waals surface area contributed by atoms with E-state index in [9.17, 15) is 0 Å². The molecule has 0 fully saturated rings. The Morgan fingerprint density at radius 1 is 1.09 bits per heavy atom. The van der Waals surface area contributed by atoms with Gasteiger partial charge in [0.15, 0.2) is 0 Å². The minimum atomic E-state index is 0.553. The third kappa shape index (κ3) is 3.24. The Morgan fingerprint density at radius 3 is 2.64 bits per heavy atom. The molecule has 0 radical (unpaired) electrons. The number of fused-ring (bicyclic) bond motifs is 1. The van der Waals surface area contributed by atoms with Crippen LogP contribution in [0.3, 0.4) is 0 Å². The summed E-state index contributed by atoms with van der Waals surface area (Å²) in [5.41, 5.74) is 5.48. The predicted molar refractivity (Wildman–Crippen MR) is 93.2 cm³/mol. The van der Waals surface area contributed by atoms with Gasteiger partial charge in [0.2, 0.25) is 0 Å². The molecule has 22 heavy (non-hydrogen) atoms. The number of hydrogen-bond acceptors (Lipinski definition) is 1. The maximum Gasteiger partial charge on any atom is 0.119 e. The van der Waals surface area contributed by atoms with Gasteiger partial charge in [-0.05, 0) is 66.0 Å².